The van der Waals surface area contributed by atoms with E-state index >= 15 is 0 Å². The van der Waals surface area contributed by atoms with Gasteiger partial charge in [-0.15, -0.1) is 0 Å². The number of hydrogen-bond acceptors (Lipinski definition) is 4. The van der Waals surface area contributed by atoms with Gasteiger partial charge in [-0.05, 0) is 25.8 Å². The van der Waals surface area contributed by atoms with Gasteiger partial charge in [-0.25, -0.2) is 0 Å². The monoisotopic (exact) mass is 260 g/mol. The van der Waals surface area contributed by atoms with Crippen molar-refractivity contribution in [2.45, 2.75) is 25.8 Å². The zero-order chi connectivity index (χ0) is 13.4. The van der Waals surface area contributed by atoms with Crippen LogP contribution in [0.25, 0.3) is 0 Å². The molecule has 2 fully saturated rings. The topological polar surface area (TPSA) is 62.5 Å². The molecule has 5 nitrogen and oxygen atoms in total. The van der Waals surface area contributed by atoms with Gasteiger partial charge >= 0.3 is 0 Å². The molecule has 0 radical (unpaired) electrons. The lowest BCUT2D eigenvalue weighted by molar-refractivity contribution is 0.0626. The summed E-state index contributed by atoms with van der Waals surface area (Å²) in [6.45, 7) is 5.46. The Morgan fingerprint density at radius 3 is 2.63 bits per heavy atom. The number of nitrogens with two attached hydrogens (primary N) is 1. The van der Waals surface area contributed by atoms with Crippen molar-refractivity contribution in [1.29, 1.82) is 0 Å². The quantitative estimate of drug-likeness (QED) is 0.858. The summed E-state index contributed by atoms with van der Waals surface area (Å²) in [5.74, 6) is 0.0627. The van der Waals surface area contributed by atoms with Crippen molar-refractivity contribution in [2.75, 3.05) is 31.9 Å². The van der Waals surface area contributed by atoms with Gasteiger partial charge < -0.3 is 10.6 Å². The predicted molar refractivity (Wildman–Crippen MR) is 73.9 cm³/mol. The van der Waals surface area contributed by atoms with Crippen LogP contribution in [0.5, 0.6) is 0 Å². The molecule has 1 saturated carbocycles. The molecule has 1 aromatic rings. The number of aryl methyl sites for hydroxylation is 1. The summed E-state index contributed by atoms with van der Waals surface area (Å²) in [6, 6.07) is 2.52. The number of nitrogen functional groups attached to an aromatic ring is 1. The van der Waals surface area contributed by atoms with E-state index in [1.54, 1.807) is 12.3 Å². The van der Waals surface area contributed by atoms with Crippen molar-refractivity contribution in [1.82, 2.24) is 14.8 Å². The Hall–Kier alpha value is -1.62. The van der Waals surface area contributed by atoms with Gasteiger partial charge in [0.1, 0.15) is 0 Å². The van der Waals surface area contributed by atoms with Gasteiger partial charge in [0.05, 0.1) is 23.1 Å². The Morgan fingerprint density at radius 1 is 1.32 bits per heavy atom. The van der Waals surface area contributed by atoms with Crippen LogP contribution in [-0.2, 0) is 0 Å². The Balaban J connectivity index is 1.68. The summed E-state index contributed by atoms with van der Waals surface area (Å²) in [4.78, 5) is 21.1. The van der Waals surface area contributed by atoms with Gasteiger partial charge in [0.15, 0.2) is 0 Å². The highest BCUT2D eigenvalue weighted by Gasteiger charge is 2.32. The first kappa shape index (κ1) is 12.4. The maximum Gasteiger partial charge on any atom is 0.255 e. The first-order valence-electron chi connectivity index (χ1n) is 6.90. The number of pyridine rings is 1. The fraction of sp³-hybridized carbons (Fsp3) is 0.571. The van der Waals surface area contributed by atoms with E-state index in [2.05, 4.69) is 9.88 Å². The molecule has 19 heavy (non-hydrogen) atoms. The summed E-state index contributed by atoms with van der Waals surface area (Å²) in [5.41, 5.74) is 7.66. The van der Waals surface area contributed by atoms with E-state index in [4.69, 9.17) is 5.73 Å². The maximum absolute atomic E-state index is 12.5. The van der Waals surface area contributed by atoms with Crippen LogP contribution in [0, 0.1) is 6.92 Å². The second-order valence-electron chi connectivity index (χ2n) is 5.46. The molecule has 0 spiro atoms. The van der Waals surface area contributed by atoms with E-state index in [1.807, 2.05) is 11.8 Å². The highest BCUT2D eigenvalue weighted by Crippen LogP contribution is 2.27. The lowest BCUT2D eigenvalue weighted by Crippen LogP contribution is -2.49. The fourth-order valence-corrected chi connectivity index (χ4v) is 2.67. The minimum absolute atomic E-state index is 0.0627. The van der Waals surface area contributed by atoms with E-state index in [0.29, 0.717) is 11.3 Å². The van der Waals surface area contributed by atoms with Crippen LogP contribution < -0.4 is 5.73 Å². The molecule has 0 atom stereocenters. The molecule has 2 heterocycles. The third-order valence-electron chi connectivity index (χ3n) is 4.00. The zero-order valence-electron chi connectivity index (χ0n) is 11.3. The number of nitrogens with zero attached hydrogens (tertiary/aromatic N) is 3. The molecule has 5 heteroatoms. The Kier molecular flexibility index (Phi) is 3.14. The molecular weight excluding hydrogens is 240 g/mol. The van der Waals surface area contributed by atoms with Crippen LogP contribution >= 0.6 is 0 Å². The van der Waals surface area contributed by atoms with Crippen LogP contribution in [0.3, 0.4) is 0 Å². The summed E-state index contributed by atoms with van der Waals surface area (Å²) < 4.78 is 0. The van der Waals surface area contributed by atoms with Crippen molar-refractivity contribution in [2.24, 2.45) is 0 Å². The van der Waals surface area contributed by atoms with Crippen LogP contribution in [0.1, 0.15) is 28.9 Å². The predicted octanol–water partition coefficient (Wildman–Crippen LogP) is 0.892. The van der Waals surface area contributed by atoms with Crippen molar-refractivity contribution in [3.63, 3.8) is 0 Å². The lowest BCUT2D eigenvalue weighted by atomic mass is 10.1. The van der Waals surface area contributed by atoms with Crippen molar-refractivity contribution in [3.8, 4) is 0 Å². The first-order valence-corrected chi connectivity index (χ1v) is 6.90. The molecule has 2 aliphatic rings. The average Bonchev–Trinajstić information content (AvgIpc) is 3.25. The second kappa shape index (κ2) is 4.81. The number of rotatable bonds is 2. The summed E-state index contributed by atoms with van der Waals surface area (Å²) in [7, 11) is 0. The number of carbonyl (C=O) groups is 1. The van der Waals surface area contributed by atoms with Gasteiger partial charge in [0.25, 0.3) is 5.91 Å². The summed E-state index contributed by atoms with van der Waals surface area (Å²) in [6.07, 6.45) is 4.25. The van der Waals surface area contributed by atoms with Crippen LogP contribution in [0.15, 0.2) is 12.3 Å². The van der Waals surface area contributed by atoms with E-state index in [9.17, 15) is 4.79 Å². The summed E-state index contributed by atoms with van der Waals surface area (Å²) >= 11 is 0. The number of piperazine rings is 1. The SMILES string of the molecule is Cc1ncc(N)cc1C(=O)N1CCN(C2CC2)CC1. The van der Waals surface area contributed by atoms with E-state index in [1.165, 1.54) is 12.8 Å². The molecular formula is C14H20N4O. The highest BCUT2D eigenvalue weighted by molar-refractivity contribution is 5.96. The highest BCUT2D eigenvalue weighted by atomic mass is 16.2. The molecule has 1 aliphatic heterocycles. The van der Waals surface area contributed by atoms with Gasteiger partial charge in [-0.1, -0.05) is 0 Å². The first-order chi connectivity index (χ1) is 9.15. The van der Waals surface area contributed by atoms with Gasteiger partial charge in [-0.2, -0.15) is 0 Å². The molecule has 0 aromatic carbocycles. The molecule has 1 aliphatic carbocycles. The molecule has 1 saturated heterocycles. The largest absolute Gasteiger partial charge is 0.397 e. The van der Waals surface area contributed by atoms with E-state index < -0.39 is 0 Å². The third-order valence-corrected chi connectivity index (χ3v) is 4.00. The number of amides is 1. The number of carbonyl (C=O) groups excluding carboxylic acids is 1. The molecule has 1 aromatic heterocycles. The molecule has 0 bridgehead atoms. The minimum atomic E-state index is 0.0627. The Labute approximate surface area is 113 Å². The maximum atomic E-state index is 12.5. The number of aromatic nitrogens is 1. The number of anilines is 1. The van der Waals surface area contributed by atoms with Crippen molar-refractivity contribution >= 4 is 11.6 Å². The van der Waals surface area contributed by atoms with Crippen molar-refractivity contribution in [3.05, 3.63) is 23.5 Å². The lowest BCUT2D eigenvalue weighted by Gasteiger charge is -2.35. The normalized spacial score (nSPS) is 20.6. The van der Waals surface area contributed by atoms with Gasteiger partial charge in [0.2, 0.25) is 0 Å². The van der Waals surface area contributed by atoms with E-state index in [0.717, 1.165) is 37.9 Å². The Morgan fingerprint density at radius 2 is 2.00 bits per heavy atom. The average molecular weight is 260 g/mol. The molecule has 1 amide bonds. The smallest absolute Gasteiger partial charge is 0.255 e. The van der Waals surface area contributed by atoms with Crippen LogP contribution in [0.4, 0.5) is 5.69 Å². The third kappa shape index (κ3) is 2.56. The van der Waals surface area contributed by atoms with E-state index in [-0.39, 0.29) is 5.91 Å². The van der Waals surface area contributed by atoms with Gasteiger partial charge in [0, 0.05) is 32.2 Å². The molecule has 3 rings (SSSR count). The number of hydrogen-bond donors (Lipinski definition) is 1. The zero-order valence-corrected chi connectivity index (χ0v) is 11.3. The molecule has 2 N–H and O–H groups in total. The van der Waals surface area contributed by atoms with Crippen LogP contribution in [-0.4, -0.2) is 52.9 Å². The molecule has 102 valence electrons. The van der Waals surface area contributed by atoms with Gasteiger partial charge in [-0.3, -0.25) is 14.7 Å². The Bertz CT molecular complexity index is 490. The van der Waals surface area contributed by atoms with Crippen molar-refractivity contribution < 1.29 is 4.79 Å². The second-order valence-corrected chi connectivity index (χ2v) is 5.46. The molecule has 0 unspecified atom stereocenters. The fourth-order valence-electron chi connectivity index (χ4n) is 2.67. The standard InChI is InChI=1S/C14H20N4O/c1-10-13(8-11(15)9-16-10)14(19)18-6-4-17(5-7-18)12-2-3-12/h8-9,12H,2-7,15H2,1H3. The minimum Gasteiger partial charge on any atom is -0.397 e. The summed E-state index contributed by atoms with van der Waals surface area (Å²) in [5, 5.41) is 0. The van der Waals surface area contributed by atoms with Crippen LogP contribution in [0.2, 0.25) is 0 Å².